The minimum Gasteiger partial charge on any atom is -0.495 e. The number of nitrogens with zero attached hydrogens (tertiary/aromatic N) is 1. The van der Waals surface area contributed by atoms with Crippen molar-refractivity contribution in [1.29, 1.82) is 0 Å². The van der Waals surface area contributed by atoms with Gasteiger partial charge >= 0.3 is 0 Å². The minimum atomic E-state index is 0.531. The summed E-state index contributed by atoms with van der Waals surface area (Å²) in [7, 11) is 1.72. The molecule has 1 N–H and O–H groups in total. The van der Waals surface area contributed by atoms with E-state index in [2.05, 4.69) is 65.1 Å². The fraction of sp³-hybridized carbons (Fsp3) is 0.647. The van der Waals surface area contributed by atoms with Crippen molar-refractivity contribution in [3.05, 3.63) is 22.7 Å². The van der Waals surface area contributed by atoms with Crippen molar-refractivity contribution in [2.24, 2.45) is 5.92 Å². The molecule has 2 unspecified atom stereocenters. The Kier molecular flexibility index (Phi) is 5.94. The molecule has 0 spiro atoms. The number of piperazine rings is 1. The van der Waals surface area contributed by atoms with Crippen LogP contribution in [-0.4, -0.2) is 32.3 Å². The summed E-state index contributed by atoms with van der Waals surface area (Å²) in [5.41, 5.74) is 1.26. The Morgan fingerprint density at radius 2 is 2.19 bits per heavy atom. The predicted molar refractivity (Wildman–Crippen MR) is 93.4 cm³/mol. The van der Waals surface area contributed by atoms with Gasteiger partial charge < -0.3 is 15.0 Å². The lowest BCUT2D eigenvalue weighted by atomic mass is 9.96. The molecule has 1 saturated heterocycles. The number of anilines is 1. The van der Waals surface area contributed by atoms with Gasteiger partial charge in [0.2, 0.25) is 0 Å². The molecule has 21 heavy (non-hydrogen) atoms. The first-order valence-corrected chi connectivity index (χ1v) is 8.69. The van der Waals surface area contributed by atoms with Crippen LogP contribution < -0.4 is 15.0 Å². The summed E-state index contributed by atoms with van der Waals surface area (Å²) in [4.78, 5) is 2.55. The molecule has 1 aliphatic rings. The molecule has 118 valence electrons. The molecule has 0 aliphatic carbocycles. The van der Waals surface area contributed by atoms with Crippen molar-refractivity contribution in [3.63, 3.8) is 0 Å². The van der Waals surface area contributed by atoms with Gasteiger partial charge in [0.25, 0.3) is 0 Å². The number of ether oxygens (including phenoxy) is 1. The Morgan fingerprint density at radius 3 is 2.81 bits per heavy atom. The van der Waals surface area contributed by atoms with Crippen molar-refractivity contribution in [2.45, 2.75) is 45.7 Å². The molecule has 1 aromatic carbocycles. The highest BCUT2D eigenvalue weighted by molar-refractivity contribution is 9.10. The third-order valence-corrected chi connectivity index (χ3v) is 4.96. The van der Waals surface area contributed by atoms with E-state index in [4.69, 9.17) is 4.74 Å². The first-order valence-electron chi connectivity index (χ1n) is 7.90. The average molecular weight is 355 g/mol. The highest BCUT2D eigenvalue weighted by Gasteiger charge is 2.29. The van der Waals surface area contributed by atoms with Gasteiger partial charge in [-0.25, -0.2) is 0 Å². The summed E-state index contributed by atoms with van der Waals surface area (Å²) in [6.45, 7) is 8.98. The molecule has 4 heteroatoms. The molecule has 1 fully saturated rings. The van der Waals surface area contributed by atoms with Crippen LogP contribution in [0.5, 0.6) is 5.75 Å². The van der Waals surface area contributed by atoms with Gasteiger partial charge in [-0.1, -0.05) is 27.2 Å². The summed E-state index contributed by atoms with van der Waals surface area (Å²) in [6.07, 6.45) is 2.45. The molecule has 1 aromatic rings. The zero-order valence-corrected chi connectivity index (χ0v) is 15.1. The molecule has 0 radical (unpaired) electrons. The summed E-state index contributed by atoms with van der Waals surface area (Å²) >= 11 is 3.54. The lowest BCUT2D eigenvalue weighted by Crippen LogP contribution is -2.58. The Morgan fingerprint density at radius 1 is 1.43 bits per heavy atom. The van der Waals surface area contributed by atoms with Crippen molar-refractivity contribution in [3.8, 4) is 5.75 Å². The molecule has 1 aliphatic heterocycles. The molecule has 0 aromatic heterocycles. The highest BCUT2D eigenvalue weighted by atomic mass is 79.9. The monoisotopic (exact) mass is 354 g/mol. The first kappa shape index (κ1) is 16.6. The van der Waals surface area contributed by atoms with Crippen LogP contribution in [-0.2, 0) is 0 Å². The number of nitrogens with one attached hydrogen (secondary N) is 1. The van der Waals surface area contributed by atoms with Gasteiger partial charge in [0.1, 0.15) is 5.75 Å². The number of benzene rings is 1. The van der Waals surface area contributed by atoms with Crippen LogP contribution in [0.2, 0.25) is 0 Å². The maximum Gasteiger partial charge on any atom is 0.135 e. The average Bonchev–Trinajstić information content (AvgIpc) is 2.48. The standard InChI is InChI=1S/C17H27BrN2O/c1-5-6-13-11-20(16(10-19-13)12(2)3)14-7-8-15(18)17(9-14)21-4/h7-9,12-13,16,19H,5-6,10-11H2,1-4H3. The summed E-state index contributed by atoms with van der Waals surface area (Å²) in [5, 5.41) is 3.71. The van der Waals surface area contributed by atoms with E-state index in [0.717, 1.165) is 23.3 Å². The first-order chi connectivity index (χ1) is 10.1. The van der Waals surface area contributed by atoms with Crippen LogP contribution in [0.15, 0.2) is 22.7 Å². The van der Waals surface area contributed by atoms with Gasteiger partial charge in [-0.05, 0) is 40.4 Å². The molecular weight excluding hydrogens is 328 g/mol. The fourth-order valence-corrected chi connectivity index (χ4v) is 3.50. The van der Waals surface area contributed by atoms with Crippen molar-refractivity contribution in [2.75, 3.05) is 25.1 Å². The van der Waals surface area contributed by atoms with Crippen molar-refractivity contribution in [1.82, 2.24) is 5.32 Å². The number of halogens is 1. The maximum absolute atomic E-state index is 5.46. The summed E-state index contributed by atoms with van der Waals surface area (Å²) in [6, 6.07) is 7.54. The quantitative estimate of drug-likeness (QED) is 0.862. The number of rotatable bonds is 5. The second kappa shape index (κ2) is 7.50. The van der Waals surface area contributed by atoms with Gasteiger partial charge in [-0.2, -0.15) is 0 Å². The van der Waals surface area contributed by atoms with E-state index in [0.29, 0.717) is 18.0 Å². The van der Waals surface area contributed by atoms with E-state index >= 15 is 0 Å². The van der Waals surface area contributed by atoms with Crippen molar-refractivity contribution < 1.29 is 4.74 Å². The van der Waals surface area contributed by atoms with Gasteiger partial charge in [-0.3, -0.25) is 0 Å². The second-order valence-electron chi connectivity index (χ2n) is 6.18. The third-order valence-electron chi connectivity index (χ3n) is 4.31. The predicted octanol–water partition coefficient (Wildman–Crippen LogP) is 4.06. The number of hydrogen-bond acceptors (Lipinski definition) is 3. The van der Waals surface area contributed by atoms with Crippen molar-refractivity contribution >= 4 is 21.6 Å². The lowest BCUT2D eigenvalue weighted by molar-refractivity contribution is 0.327. The Bertz CT molecular complexity index is 464. The molecule has 0 amide bonds. The maximum atomic E-state index is 5.46. The highest BCUT2D eigenvalue weighted by Crippen LogP contribution is 2.32. The fourth-order valence-electron chi connectivity index (χ4n) is 3.10. The Balaban J connectivity index is 2.26. The van der Waals surface area contributed by atoms with E-state index in [1.54, 1.807) is 7.11 Å². The molecule has 0 saturated carbocycles. The Hall–Kier alpha value is -0.740. The van der Waals surface area contributed by atoms with Gasteiger partial charge in [0, 0.05) is 36.9 Å². The molecule has 2 atom stereocenters. The van der Waals surface area contributed by atoms with Crippen LogP contribution in [0.4, 0.5) is 5.69 Å². The van der Waals surface area contributed by atoms with Crippen LogP contribution in [0.3, 0.4) is 0 Å². The smallest absolute Gasteiger partial charge is 0.135 e. The zero-order chi connectivity index (χ0) is 15.4. The molecule has 2 rings (SSSR count). The van der Waals surface area contributed by atoms with E-state index in [-0.39, 0.29) is 0 Å². The van der Waals surface area contributed by atoms with Gasteiger partial charge in [0.15, 0.2) is 0 Å². The topological polar surface area (TPSA) is 24.5 Å². The van der Waals surface area contributed by atoms with E-state index in [1.165, 1.54) is 18.5 Å². The van der Waals surface area contributed by atoms with Crippen LogP contribution in [0.1, 0.15) is 33.6 Å². The van der Waals surface area contributed by atoms with Gasteiger partial charge in [0.05, 0.1) is 11.6 Å². The van der Waals surface area contributed by atoms with Crippen LogP contribution in [0.25, 0.3) is 0 Å². The number of hydrogen-bond donors (Lipinski definition) is 1. The SMILES string of the molecule is CCCC1CN(c2ccc(Br)c(OC)c2)C(C(C)C)CN1. The Labute approximate surface area is 137 Å². The minimum absolute atomic E-state index is 0.531. The molecule has 1 heterocycles. The lowest BCUT2D eigenvalue weighted by Gasteiger charge is -2.44. The second-order valence-corrected chi connectivity index (χ2v) is 7.03. The van der Waals surface area contributed by atoms with E-state index in [1.807, 2.05) is 0 Å². The molecule has 3 nitrogen and oxygen atoms in total. The van der Waals surface area contributed by atoms with Gasteiger partial charge in [-0.15, -0.1) is 0 Å². The summed E-state index contributed by atoms with van der Waals surface area (Å²) in [5.74, 6) is 1.52. The zero-order valence-electron chi connectivity index (χ0n) is 13.5. The normalized spacial score (nSPS) is 22.7. The molecule has 0 bridgehead atoms. The number of methoxy groups -OCH3 is 1. The largest absolute Gasteiger partial charge is 0.495 e. The van der Waals surface area contributed by atoms with E-state index < -0.39 is 0 Å². The summed E-state index contributed by atoms with van der Waals surface area (Å²) < 4.78 is 6.47. The van der Waals surface area contributed by atoms with E-state index in [9.17, 15) is 0 Å². The van der Waals surface area contributed by atoms with Crippen LogP contribution >= 0.6 is 15.9 Å². The third kappa shape index (κ3) is 3.92. The van der Waals surface area contributed by atoms with Crippen LogP contribution in [0, 0.1) is 5.92 Å². The molecular formula is C17H27BrN2O.